The number of amides is 1. The Bertz CT molecular complexity index is 1030. The number of fused-ring (bicyclic) bond motifs is 1. The minimum atomic E-state index is -0.389. The summed E-state index contributed by atoms with van der Waals surface area (Å²) in [6.45, 7) is 1.52. The van der Waals surface area contributed by atoms with Crippen LogP contribution in [0.3, 0.4) is 0 Å². The highest BCUT2D eigenvalue weighted by molar-refractivity contribution is 5.92. The lowest BCUT2D eigenvalue weighted by Gasteiger charge is -2.11. The fourth-order valence-electron chi connectivity index (χ4n) is 2.49. The number of benzene rings is 2. The van der Waals surface area contributed by atoms with Crippen LogP contribution in [-0.4, -0.2) is 15.5 Å². The van der Waals surface area contributed by atoms with Crippen molar-refractivity contribution in [1.82, 2.24) is 9.55 Å². The Morgan fingerprint density at radius 3 is 2.71 bits per heavy atom. The average molecular weight is 318 g/mol. The molecule has 0 radical (unpaired) electrons. The van der Waals surface area contributed by atoms with E-state index < -0.39 is 0 Å². The van der Waals surface area contributed by atoms with E-state index in [0.717, 1.165) is 0 Å². The molecule has 0 unspecified atom stereocenters. The molecular weight excluding hydrogens is 304 g/mol. The summed E-state index contributed by atoms with van der Waals surface area (Å²) in [5, 5.41) is 12.2. The Balaban J connectivity index is 1.91. The van der Waals surface area contributed by atoms with Gasteiger partial charge in [0.1, 0.15) is 18.4 Å². The second kappa shape index (κ2) is 6.34. The van der Waals surface area contributed by atoms with E-state index in [4.69, 9.17) is 5.26 Å². The van der Waals surface area contributed by atoms with Gasteiger partial charge in [-0.05, 0) is 31.2 Å². The maximum absolute atomic E-state index is 12.6. The first-order chi connectivity index (χ1) is 11.6. The van der Waals surface area contributed by atoms with E-state index in [1.807, 2.05) is 12.1 Å². The van der Waals surface area contributed by atoms with E-state index >= 15 is 0 Å². The van der Waals surface area contributed by atoms with Crippen LogP contribution in [0.25, 0.3) is 10.9 Å². The molecule has 1 amide bonds. The van der Waals surface area contributed by atoms with Gasteiger partial charge in [0.2, 0.25) is 5.91 Å². The molecular formula is C18H14N4O2. The van der Waals surface area contributed by atoms with Crippen LogP contribution in [0.2, 0.25) is 0 Å². The third-order valence-corrected chi connectivity index (χ3v) is 3.68. The number of nitrogens with zero attached hydrogens (tertiary/aromatic N) is 3. The summed E-state index contributed by atoms with van der Waals surface area (Å²) in [5.41, 5.74) is 1.13. The second-order valence-electron chi connectivity index (χ2n) is 5.27. The first-order valence-corrected chi connectivity index (χ1v) is 7.35. The van der Waals surface area contributed by atoms with Gasteiger partial charge in [0.25, 0.3) is 5.56 Å². The zero-order chi connectivity index (χ0) is 17.1. The fourth-order valence-corrected chi connectivity index (χ4v) is 2.49. The van der Waals surface area contributed by atoms with E-state index in [9.17, 15) is 9.59 Å². The Morgan fingerprint density at radius 2 is 1.92 bits per heavy atom. The molecule has 1 aromatic heterocycles. The summed E-state index contributed by atoms with van der Waals surface area (Å²) >= 11 is 0. The van der Waals surface area contributed by atoms with E-state index in [1.165, 1.54) is 4.57 Å². The molecule has 1 N–H and O–H groups in total. The molecule has 0 aliphatic heterocycles. The summed E-state index contributed by atoms with van der Waals surface area (Å²) in [5.74, 6) is 0.0717. The molecule has 0 saturated carbocycles. The Hall–Kier alpha value is -3.46. The molecule has 6 nitrogen and oxygen atoms in total. The predicted octanol–water partition coefficient (Wildman–Crippen LogP) is 2.22. The lowest BCUT2D eigenvalue weighted by Crippen LogP contribution is -2.30. The second-order valence-corrected chi connectivity index (χ2v) is 5.27. The number of nitrogens with one attached hydrogen (secondary N) is 1. The molecule has 24 heavy (non-hydrogen) atoms. The van der Waals surface area contributed by atoms with Gasteiger partial charge in [-0.1, -0.05) is 24.3 Å². The predicted molar refractivity (Wildman–Crippen MR) is 90.5 cm³/mol. The lowest BCUT2D eigenvalue weighted by molar-refractivity contribution is -0.116. The maximum Gasteiger partial charge on any atom is 0.261 e. The fraction of sp³-hybridized carbons (Fsp3) is 0.111. The van der Waals surface area contributed by atoms with Crippen molar-refractivity contribution in [2.45, 2.75) is 13.5 Å². The highest BCUT2D eigenvalue weighted by Crippen LogP contribution is 2.13. The molecule has 3 rings (SSSR count). The summed E-state index contributed by atoms with van der Waals surface area (Å²) in [4.78, 5) is 29.2. The van der Waals surface area contributed by atoms with Gasteiger partial charge in [-0.15, -0.1) is 0 Å². The van der Waals surface area contributed by atoms with Crippen molar-refractivity contribution in [1.29, 1.82) is 5.26 Å². The van der Waals surface area contributed by atoms with Gasteiger partial charge in [0, 0.05) is 0 Å². The van der Waals surface area contributed by atoms with Crippen LogP contribution >= 0.6 is 0 Å². The van der Waals surface area contributed by atoms with Gasteiger partial charge < -0.3 is 5.32 Å². The first kappa shape index (κ1) is 15.4. The smallest absolute Gasteiger partial charge is 0.261 e. The Kier molecular flexibility index (Phi) is 4.08. The first-order valence-electron chi connectivity index (χ1n) is 7.35. The molecule has 1 heterocycles. The van der Waals surface area contributed by atoms with Gasteiger partial charge in [0.15, 0.2) is 0 Å². The SMILES string of the molecule is Cc1nc2ccccc2c(=O)n1CC(=O)Nc1ccccc1C#N. The number of aryl methyl sites for hydroxylation is 1. The summed E-state index contributed by atoms with van der Waals surface area (Å²) in [6.07, 6.45) is 0. The molecule has 2 aromatic carbocycles. The average Bonchev–Trinajstić information content (AvgIpc) is 2.59. The van der Waals surface area contributed by atoms with Gasteiger partial charge >= 0.3 is 0 Å². The number of aromatic nitrogens is 2. The number of hydrogen-bond acceptors (Lipinski definition) is 4. The summed E-state index contributed by atoms with van der Waals surface area (Å²) in [6, 6.07) is 15.7. The number of carbonyl (C=O) groups excluding carboxylic acids is 1. The van der Waals surface area contributed by atoms with E-state index in [-0.39, 0.29) is 18.0 Å². The quantitative estimate of drug-likeness (QED) is 0.802. The van der Waals surface area contributed by atoms with Crippen molar-refractivity contribution in [2.24, 2.45) is 0 Å². The Labute approximate surface area is 138 Å². The van der Waals surface area contributed by atoms with Crippen LogP contribution in [0.15, 0.2) is 53.3 Å². The zero-order valence-corrected chi connectivity index (χ0v) is 13.0. The van der Waals surface area contributed by atoms with E-state index in [2.05, 4.69) is 10.3 Å². The maximum atomic E-state index is 12.6. The third kappa shape index (κ3) is 2.88. The number of hydrogen-bond donors (Lipinski definition) is 1. The van der Waals surface area contributed by atoms with E-state index in [1.54, 1.807) is 49.4 Å². The van der Waals surface area contributed by atoms with Crippen molar-refractivity contribution < 1.29 is 4.79 Å². The van der Waals surface area contributed by atoms with Crippen molar-refractivity contribution in [3.05, 3.63) is 70.3 Å². The molecule has 0 bridgehead atoms. The molecule has 0 aliphatic carbocycles. The standard InChI is InChI=1S/C18H14N4O2/c1-12-20-16-9-5-3-7-14(16)18(24)22(12)11-17(23)21-15-8-4-2-6-13(15)10-19/h2-9H,11H2,1H3,(H,21,23). The van der Waals surface area contributed by atoms with Crippen molar-refractivity contribution in [2.75, 3.05) is 5.32 Å². The molecule has 0 fully saturated rings. The molecule has 0 saturated heterocycles. The Morgan fingerprint density at radius 1 is 1.21 bits per heavy atom. The minimum absolute atomic E-state index is 0.164. The molecule has 0 aliphatic rings. The summed E-state index contributed by atoms with van der Waals surface area (Å²) < 4.78 is 1.33. The number of carbonyl (C=O) groups is 1. The highest BCUT2D eigenvalue weighted by Gasteiger charge is 2.12. The van der Waals surface area contributed by atoms with Crippen LogP contribution in [-0.2, 0) is 11.3 Å². The number of rotatable bonds is 3. The van der Waals surface area contributed by atoms with Crippen molar-refractivity contribution >= 4 is 22.5 Å². The molecule has 0 spiro atoms. The lowest BCUT2D eigenvalue weighted by atomic mass is 10.2. The highest BCUT2D eigenvalue weighted by atomic mass is 16.2. The van der Waals surface area contributed by atoms with Gasteiger partial charge in [-0.2, -0.15) is 5.26 Å². The largest absolute Gasteiger partial charge is 0.323 e. The van der Waals surface area contributed by atoms with Crippen molar-refractivity contribution in [3.8, 4) is 6.07 Å². The summed E-state index contributed by atoms with van der Waals surface area (Å²) in [7, 11) is 0. The monoisotopic (exact) mass is 318 g/mol. The van der Waals surface area contributed by atoms with Crippen LogP contribution in [0, 0.1) is 18.3 Å². The molecule has 118 valence electrons. The normalized spacial score (nSPS) is 10.3. The number of nitriles is 1. The zero-order valence-electron chi connectivity index (χ0n) is 13.0. The number of anilines is 1. The topological polar surface area (TPSA) is 87.8 Å². The van der Waals surface area contributed by atoms with Gasteiger partial charge in [-0.25, -0.2) is 4.98 Å². The third-order valence-electron chi connectivity index (χ3n) is 3.68. The van der Waals surface area contributed by atoms with Crippen molar-refractivity contribution in [3.63, 3.8) is 0 Å². The number of para-hydroxylation sites is 2. The van der Waals surface area contributed by atoms with Gasteiger partial charge in [0.05, 0.1) is 22.2 Å². The van der Waals surface area contributed by atoms with Crippen LogP contribution < -0.4 is 10.9 Å². The molecule has 3 aromatic rings. The van der Waals surface area contributed by atoms with Crippen LogP contribution in [0.5, 0.6) is 0 Å². The van der Waals surface area contributed by atoms with Gasteiger partial charge in [-0.3, -0.25) is 14.2 Å². The molecule has 6 heteroatoms. The van der Waals surface area contributed by atoms with Crippen LogP contribution in [0.4, 0.5) is 5.69 Å². The van der Waals surface area contributed by atoms with Crippen LogP contribution in [0.1, 0.15) is 11.4 Å². The minimum Gasteiger partial charge on any atom is -0.323 e. The van der Waals surface area contributed by atoms with E-state index in [0.29, 0.717) is 28.0 Å². The molecule has 0 atom stereocenters.